The number of nitrogens with one attached hydrogen (secondary N) is 1. The molecule has 0 saturated heterocycles. The average molecular weight is 362 g/mol. The van der Waals surface area contributed by atoms with Crippen LogP contribution in [0.5, 0.6) is 0 Å². The molecule has 0 atom stereocenters. The number of hydrogen-bond acceptors (Lipinski definition) is 2. The maximum absolute atomic E-state index is 12.7. The first kappa shape index (κ1) is 17.3. The minimum Gasteiger partial charge on any atom is -0.478 e. The van der Waals surface area contributed by atoms with Crippen LogP contribution < -0.4 is 0 Å². The number of aryl methyl sites for hydroxylation is 2. The van der Waals surface area contributed by atoms with Crippen molar-refractivity contribution in [1.29, 1.82) is 0 Å². The van der Waals surface area contributed by atoms with Gasteiger partial charge in [0.2, 0.25) is 5.91 Å². The van der Waals surface area contributed by atoms with Gasteiger partial charge in [0, 0.05) is 36.6 Å². The summed E-state index contributed by atoms with van der Waals surface area (Å²) in [6, 6.07) is 11.5. The van der Waals surface area contributed by atoms with Crippen molar-refractivity contribution in [3.63, 3.8) is 0 Å². The van der Waals surface area contributed by atoms with E-state index in [1.807, 2.05) is 17.2 Å². The topological polar surface area (TPSA) is 73.4 Å². The van der Waals surface area contributed by atoms with Gasteiger partial charge in [-0.1, -0.05) is 17.7 Å². The normalized spacial score (nSPS) is 13.6. The van der Waals surface area contributed by atoms with Crippen molar-refractivity contribution in [3.05, 3.63) is 70.4 Å². The smallest absolute Gasteiger partial charge is 0.335 e. The predicted octanol–water partition coefficient (Wildman–Crippen LogP) is 3.69. The number of carboxylic acid groups (broad SMARTS) is 1. The first-order valence-corrected chi connectivity index (χ1v) is 9.21. The molecule has 2 heterocycles. The zero-order valence-corrected chi connectivity index (χ0v) is 15.3. The van der Waals surface area contributed by atoms with Gasteiger partial charge in [0.1, 0.15) is 0 Å². The Labute approximate surface area is 157 Å². The molecular weight excluding hydrogens is 340 g/mol. The number of carbonyl (C=O) groups excluding carboxylic acids is 1. The molecule has 0 bridgehead atoms. The van der Waals surface area contributed by atoms with Crippen LogP contribution in [0.2, 0.25) is 0 Å². The second-order valence-corrected chi connectivity index (χ2v) is 7.22. The molecule has 0 aliphatic carbocycles. The van der Waals surface area contributed by atoms with Gasteiger partial charge in [-0.25, -0.2) is 4.79 Å². The minimum absolute atomic E-state index is 0.114. The highest BCUT2D eigenvalue weighted by Crippen LogP contribution is 2.23. The highest BCUT2D eigenvalue weighted by molar-refractivity contribution is 5.88. The number of hydrogen-bond donors (Lipinski definition) is 2. The number of benzene rings is 2. The molecule has 5 heteroatoms. The van der Waals surface area contributed by atoms with E-state index in [0.29, 0.717) is 25.9 Å². The van der Waals surface area contributed by atoms with E-state index in [-0.39, 0.29) is 11.5 Å². The number of nitrogens with zero attached hydrogens (tertiary/aromatic N) is 1. The van der Waals surface area contributed by atoms with Crippen LogP contribution in [0, 0.1) is 6.92 Å². The lowest BCUT2D eigenvalue weighted by Crippen LogP contribution is -2.36. The molecule has 3 aromatic rings. The van der Waals surface area contributed by atoms with Gasteiger partial charge < -0.3 is 15.0 Å². The summed E-state index contributed by atoms with van der Waals surface area (Å²) in [7, 11) is 0. The van der Waals surface area contributed by atoms with Crippen LogP contribution in [0.15, 0.2) is 42.6 Å². The van der Waals surface area contributed by atoms with Crippen molar-refractivity contribution in [2.75, 3.05) is 6.54 Å². The van der Waals surface area contributed by atoms with E-state index in [1.165, 1.54) is 10.9 Å². The minimum atomic E-state index is -0.934. The Morgan fingerprint density at radius 1 is 1.15 bits per heavy atom. The van der Waals surface area contributed by atoms with Crippen LogP contribution in [-0.4, -0.2) is 33.4 Å². The van der Waals surface area contributed by atoms with Gasteiger partial charge in [0.15, 0.2) is 0 Å². The van der Waals surface area contributed by atoms with Crippen molar-refractivity contribution in [3.8, 4) is 0 Å². The summed E-state index contributed by atoms with van der Waals surface area (Å²) < 4.78 is 0. The molecule has 1 aromatic heterocycles. The summed E-state index contributed by atoms with van der Waals surface area (Å²) in [5.74, 6) is -0.820. The van der Waals surface area contributed by atoms with Crippen LogP contribution in [0.4, 0.5) is 0 Å². The Morgan fingerprint density at radius 2 is 2.00 bits per heavy atom. The molecule has 0 unspecified atom stereocenters. The largest absolute Gasteiger partial charge is 0.478 e. The first-order chi connectivity index (χ1) is 13.0. The van der Waals surface area contributed by atoms with Gasteiger partial charge in [-0.05, 0) is 60.7 Å². The van der Waals surface area contributed by atoms with Gasteiger partial charge in [0.25, 0.3) is 0 Å². The Kier molecular flexibility index (Phi) is 4.44. The van der Waals surface area contributed by atoms with Crippen molar-refractivity contribution in [2.45, 2.75) is 32.7 Å². The quantitative estimate of drug-likeness (QED) is 0.743. The molecule has 0 radical (unpaired) electrons. The third kappa shape index (κ3) is 3.45. The van der Waals surface area contributed by atoms with E-state index in [2.05, 4.69) is 30.1 Å². The fourth-order valence-corrected chi connectivity index (χ4v) is 3.80. The van der Waals surface area contributed by atoms with Gasteiger partial charge in [-0.3, -0.25) is 4.79 Å². The monoisotopic (exact) mass is 362 g/mol. The Morgan fingerprint density at radius 3 is 2.81 bits per heavy atom. The third-order valence-corrected chi connectivity index (χ3v) is 5.35. The number of rotatable bonds is 4. The molecule has 2 N–H and O–H groups in total. The lowest BCUT2D eigenvalue weighted by atomic mass is 9.97. The fraction of sp³-hybridized carbons (Fsp3) is 0.273. The zero-order valence-electron chi connectivity index (χ0n) is 15.3. The fourth-order valence-electron chi connectivity index (χ4n) is 3.80. The molecule has 1 aliphatic rings. The maximum Gasteiger partial charge on any atom is 0.335 e. The number of aromatic carboxylic acids is 1. The number of amides is 1. The predicted molar refractivity (Wildman–Crippen MR) is 104 cm³/mol. The van der Waals surface area contributed by atoms with Crippen LogP contribution in [0.1, 0.15) is 39.0 Å². The number of H-pyrrole nitrogens is 1. The van der Waals surface area contributed by atoms with Gasteiger partial charge >= 0.3 is 5.97 Å². The van der Waals surface area contributed by atoms with Gasteiger partial charge in [-0.15, -0.1) is 0 Å². The van der Waals surface area contributed by atoms with Crippen LogP contribution in [-0.2, 0) is 24.2 Å². The highest BCUT2D eigenvalue weighted by Gasteiger charge is 2.21. The number of carboxylic acids is 1. The van der Waals surface area contributed by atoms with E-state index < -0.39 is 5.97 Å². The Balaban J connectivity index is 1.45. The first-order valence-electron chi connectivity index (χ1n) is 9.21. The number of aromatic nitrogens is 1. The number of carbonyl (C=O) groups is 2. The molecule has 0 fully saturated rings. The van der Waals surface area contributed by atoms with Crippen molar-refractivity contribution >= 4 is 22.8 Å². The molecule has 27 heavy (non-hydrogen) atoms. The van der Waals surface area contributed by atoms with Gasteiger partial charge in [-0.2, -0.15) is 0 Å². The number of aromatic amines is 1. The maximum atomic E-state index is 12.7. The molecule has 0 saturated carbocycles. The second kappa shape index (κ2) is 6.91. The molecule has 5 nitrogen and oxygen atoms in total. The Hall–Kier alpha value is -3.08. The van der Waals surface area contributed by atoms with Gasteiger partial charge in [0.05, 0.1) is 5.56 Å². The van der Waals surface area contributed by atoms with E-state index in [0.717, 1.165) is 28.6 Å². The summed E-state index contributed by atoms with van der Waals surface area (Å²) in [4.78, 5) is 29.0. The molecule has 1 aliphatic heterocycles. The average Bonchev–Trinajstić information content (AvgIpc) is 3.07. The zero-order chi connectivity index (χ0) is 19.0. The van der Waals surface area contributed by atoms with Crippen LogP contribution >= 0.6 is 0 Å². The Bertz CT molecular complexity index is 1040. The highest BCUT2D eigenvalue weighted by atomic mass is 16.4. The van der Waals surface area contributed by atoms with E-state index >= 15 is 0 Å². The summed E-state index contributed by atoms with van der Waals surface area (Å²) in [5.41, 5.74) is 5.81. The van der Waals surface area contributed by atoms with Crippen molar-refractivity contribution in [1.82, 2.24) is 9.88 Å². The second-order valence-electron chi connectivity index (χ2n) is 7.22. The molecule has 2 aromatic carbocycles. The molecule has 1 amide bonds. The lowest BCUT2D eigenvalue weighted by molar-refractivity contribution is -0.132. The summed E-state index contributed by atoms with van der Waals surface area (Å²) >= 11 is 0. The third-order valence-electron chi connectivity index (χ3n) is 5.35. The summed E-state index contributed by atoms with van der Waals surface area (Å²) in [6.07, 6.45) is 3.91. The standard InChI is InChI=1S/C22H22N2O3/c1-14-2-6-20-19(10-14)17(12-23-20)5-7-21(25)24-9-8-15-3-4-16(22(26)27)11-18(15)13-24/h2-4,6,10-12,23H,5,7-9,13H2,1H3,(H,26,27). The van der Waals surface area contributed by atoms with E-state index in [1.54, 1.807) is 12.1 Å². The van der Waals surface area contributed by atoms with E-state index in [9.17, 15) is 14.7 Å². The SMILES string of the molecule is Cc1ccc2[nH]cc(CCC(=O)N3CCc4ccc(C(=O)O)cc4C3)c2c1. The van der Waals surface area contributed by atoms with Crippen molar-refractivity contribution in [2.24, 2.45) is 0 Å². The molecule has 138 valence electrons. The number of fused-ring (bicyclic) bond motifs is 2. The summed E-state index contributed by atoms with van der Waals surface area (Å²) in [6.45, 7) is 3.24. The summed E-state index contributed by atoms with van der Waals surface area (Å²) in [5, 5.41) is 10.4. The molecule has 4 rings (SSSR count). The molecular formula is C22H22N2O3. The van der Waals surface area contributed by atoms with Crippen molar-refractivity contribution < 1.29 is 14.7 Å². The lowest BCUT2D eigenvalue weighted by Gasteiger charge is -2.29. The molecule has 0 spiro atoms. The van der Waals surface area contributed by atoms with Crippen LogP contribution in [0.3, 0.4) is 0 Å². The van der Waals surface area contributed by atoms with Crippen LogP contribution in [0.25, 0.3) is 10.9 Å². The van der Waals surface area contributed by atoms with E-state index in [4.69, 9.17) is 0 Å².